The summed E-state index contributed by atoms with van der Waals surface area (Å²) >= 11 is 0. The molecule has 1 atom stereocenters. The fraction of sp³-hybridized carbons (Fsp3) is 0.556. The third-order valence-electron chi connectivity index (χ3n) is 4.74. The second kappa shape index (κ2) is 10.6. The van der Waals surface area contributed by atoms with E-state index in [9.17, 15) is 62.6 Å². The third-order valence-corrected chi connectivity index (χ3v) is 5.57. The van der Waals surface area contributed by atoms with Crippen LogP contribution in [0.25, 0.3) is 0 Å². The summed E-state index contributed by atoms with van der Waals surface area (Å²) in [5.41, 5.74) is -10.5. The Balaban J connectivity index is 3.13. The summed E-state index contributed by atoms with van der Waals surface area (Å²) in [5.74, 6) is -3.41. The molecule has 9 nitrogen and oxygen atoms in total. The summed E-state index contributed by atoms with van der Waals surface area (Å²) < 4.78 is 155. The van der Waals surface area contributed by atoms with Crippen LogP contribution in [0.4, 0.5) is 39.5 Å². The van der Waals surface area contributed by atoms with Crippen LogP contribution in [0.5, 0.6) is 0 Å². The number of halogens is 9. The lowest BCUT2D eigenvalue weighted by molar-refractivity contribution is -0.371. The molecule has 212 valence electrons. The zero-order chi connectivity index (χ0) is 29.3. The number of alkyl halides is 9. The molecule has 19 heteroatoms. The molecular formula is C18H17F9O9S. The summed E-state index contributed by atoms with van der Waals surface area (Å²) in [6.45, 7) is -2.45. The fourth-order valence-electron chi connectivity index (χ4n) is 2.37. The van der Waals surface area contributed by atoms with E-state index in [1.54, 1.807) is 0 Å². The Kier molecular flexibility index (Phi) is 9.29. The van der Waals surface area contributed by atoms with Crippen molar-refractivity contribution in [3.8, 4) is 0 Å². The van der Waals surface area contributed by atoms with Gasteiger partial charge in [0.2, 0.25) is 0 Å². The minimum atomic E-state index is -6.23. The van der Waals surface area contributed by atoms with Crippen molar-refractivity contribution in [1.29, 1.82) is 0 Å². The first-order chi connectivity index (χ1) is 16.3. The molecule has 0 aliphatic rings. The lowest BCUT2D eigenvalue weighted by atomic mass is 9.99. The molecule has 0 aromatic heterocycles. The van der Waals surface area contributed by atoms with Gasteiger partial charge in [0.25, 0.3) is 15.7 Å². The van der Waals surface area contributed by atoms with Gasteiger partial charge in [0.1, 0.15) is 0 Å². The van der Waals surface area contributed by atoms with Crippen LogP contribution < -0.4 is 0 Å². The van der Waals surface area contributed by atoms with E-state index in [4.69, 9.17) is 9.66 Å². The van der Waals surface area contributed by atoms with E-state index in [1.165, 1.54) is 0 Å². The number of rotatable bonds is 9. The lowest BCUT2D eigenvalue weighted by Gasteiger charge is -2.31. The quantitative estimate of drug-likeness (QED) is 0.228. The van der Waals surface area contributed by atoms with Crippen LogP contribution >= 0.6 is 0 Å². The van der Waals surface area contributed by atoms with Crippen LogP contribution in [0.3, 0.4) is 0 Å². The number of esters is 2. The maximum atomic E-state index is 12.7. The molecule has 0 saturated carbocycles. The van der Waals surface area contributed by atoms with Gasteiger partial charge in [-0.2, -0.15) is 47.9 Å². The first-order valence-corrected chi connectivity index (χ1v) is 10.9. The maximum Gasteiger partial charge on any atom is 0.426 e. The zero-order valence-corrected chi connectivity index (χ0v) is 19.0. The molecule has 0 bridgehead atoms. The highest BCUT2D eigenvalue weighted by atomic mass is 32.2. The van der Waals surface area contributed by atoms with Gasteiger partial charge < -0.3 is 19.7 Å². The highest BCUT2D eigenvalue weighted by Gasteiger charge is 2.70. The Hall–Kier alpha value is -2.64. The van der Waals surface area contributed by atoms with Crippen molar-refractivity contribution in [2.24, 2.45) is 0 Å². The lowest BCUT2D eigenvalue weighted by Crippen LogP contribution is -2.57. The van der Waals surface area contributed by atoms with Crippen LogP contribution in [0.15, 0.2) is 23.1 Å². The zero-order valence-electron chi connectivity index (χ0n) is 18.2. The Morgan fingerprint density at radius 3 is 1.46 bits per heavy atom. The Bertz CT molecular complexity index is 1090. The number of benzene rings is 1. The topological polar surface area (TPSA) is 147 Å². The van der Waals surface area contributed by atoms with Gasteiger partial charge in [0.15, 0.2) is 5.60 Å². The molecule has 0 radical (unpaired) electrons. The van der Waals surface area contributed by atoms with Crippen LogP contribution in [0.1, 0.15) is 40.5 Å². The molecule has 0 aliphatic heterocycles. The average Bonchev–Trinajstić information content (AvgIpc) is 2.69. The highest BCUT2D eigenvalue weighted by Crippen LogP contribution is 2.45. The summed E-state index contributed by atoms with van der Waals surface area (Å²) in [5, 5.41) is 18.3. The molecular weight excluding hydrogens is 563 g/mol. The second-order valence-corrected chi connectivity index (χ2v) is 9.04. The molecule has 0 aliphatic carbocycles. The Labute approximate surface area is 201 Å². The highest BCUT2D eigenvalue weighted by molar-refractivity contribution is 7.85. The summed E-state index contributed by atoms with van der Waals surface area (Å²) in [4.78, 5) is 23.0. The largest absolute Gasteiger partial charge is 0.462 e. The summed E-state index contributed by atoms with van der Waals surface area (Å²) in [7, 11) is -5.20. The van der Waals surface area contributed by atoms with Crippen LogP contribution in [0.2, 0.25) is 0 Å². The van der Waals surface area contributed by atoms with Gasteiger partial charge in [-0.05, 0) is 25.1 Å². The average molecular weight is 580 g/mol. The van der Waals surface area contributed by atoms with E-state index in [2.05, 4.69) is 9.47 Å². The van der Waals surface area contributed by atoms with Crippen molar-refractivity contribution >= 4 is 22.1 Å². The molecule has 1 aromatic carbocycles. The number of hydrogen-bond donors (Lipinski definition) is 3. The number of carbonyl (C=O) groups excluding carboxylic acids is 2. The van der Waals surface area contributed by atoms with E-state index in [0.29, 0.717) is 25.1 Å². The minimum Gasteiger partial charge on any atom is -0.462 e. The third kappa shape index (κ3) is 7.92. The van der Waals surface area contributed by atoms with Crippen LogP contribution in [0, 0.1) is 0 Å². The van der Waals surface area contributed by atoms with E-state index in [0.717, 1.165) is 0 Å². The number of carbonyl (C=O) groups is 2. The Morgan fingerprint density at radius 2 is 1.14 bits per heavy atom. The van der Waals surface area contributed by atoms with Crippen molar-refractivity contribution in [1.82, 2.24) is 0 Å². The number of hydrogen-bond acceptors (Lipinski definition) is 8. The molecule has 37 heavy (non-hydrogen) atoms. The van der Waals surface area contributed by atoms with Gasteiger partial charge in [-0.25, -0.2) is 9.59 Å². The predicted molar refractivity (Wildman–Crippen MR) is 99.8 cm³/mol. The first-order valence-electron chi connectivity index (χ1n) is 9.45. The second-order valence-electron chi connectivity index (χ2n) is 7.62. The van der Waals surface area contributed by atoms with Crippen LogP contribution in [-0.2, 0) is 19.6 Å². The van der Waals surface area contributed by atoms with Crippen molar-refractivity contribution in [2.45, 2.75) is 54.4 Å². The standard InChI is InChI=1S/C18H17F9O9S/c1-14(30,16(19,20)21)2-4-35-12(28)9-6-10(8-11(7-9)37(32,33)34)13(29)36-5-3-15(31,17(22,23)24)18(25,26)27/h6-8,30-31H,2-5H2,1H3,(H,32,33,34). The maximum absolute atomic E-state index is 12.7. The molecule has 0 fully saturated rings. The van der Waals surface area contributed by atoms with Gasteiger partial charge in [0.05, 0.1) is 29.2 Å². The molecule has 1 aromatic rings. The monoisotopic (exact) mass is 580 g/mol. The fourth-order valence-corrected chi connectivity index (χ4v) is 2.92. The summed E-state index contributed by atoms with van der Waals surface area (Å²) in [6.07, 6.45) is -21.0. The normalized spacial score (nSPS) is 15.2. The van der Waals surface area contributed by atoms with Crippen molar-refractivity contribution < 1.29 is 81.8 Å². The molecule has 3 N–H and O–H groups in total. The molecule has 0 heterocycles. The van der Waals surface area contributed by atoms with Crippen molar-refractivity contribution in [3.63, 3.8) is 0 Å². The molecule has 1 rings (SSSR count). The van der Waals surface area contributed by atoms with Gasteiger partial charge in [-0.3, -0.25) is 4.55 Å². The summed E-state index contributed by atoms with van der Waals surface area (Å²) in [6, 6.07) is 1.13. The smallest absolute Gasteiger partial charge is 0.426 e. The molecule has 0 saturated heterocycles. The number of ether oxygens (including phenoxy) is 2. The Morgan fingerprint density at radius 1 is 0.757 bits per heavy atom. The molecule has 1 unspecified atom stereocenters. The first kappa shape index (κ1) is 32.4. The van der Waals surface area contributed by atoms with Gasteiger partial charge in [-0.1, -0.05) is 0 Å². The predicted octanol–water partition coefficient (Wildman–Crippen LogP) is 3.20. The van der Waals surface area contributed by atoms with E-state index in [-0.39, 0.29) is 0 Å². The van der Waals surface area contributed by atoms with Crippen molar-refractivity contribution in [3.05, 3.63) is 29.3 Å². The van der Waals surface area contributed by atoms with E-state index >= 15 is 0 Å². The minimum absolute atomic E-state index is 0.308. The van der Waals surface area contributed by atoms with Gasteiger partial charge in [-0.15, -0.1) is 0 Å². The van der Waals surface area contributed by atoms with E-state index < -0.39 is 93.9 Å². The van der Waals surface area contributed by atoms with Gasteiger partial charge >= 0.3 is 30.5 Å². The van der Waals surface area contributed by atoms with Crippen LogP contribution in [-0.4, -0.2) is 78.1 Å². The van der Waals surface area contributed by atoms with E-state index in [1.807, 2.05) is 0 Å². The van der Waals surface area contributed by atoms with Crippen molar-refractivity contribution in [2.75, 3.05) is 13.2 Å². The molecule has 0 spiro atoms. The molecule has 0 amide bonds. The van der Waals surface area contributed by atoms with Gasteiger partial charge in [0, 0.05) is 12.8 Å². The number of aliphatic hydroxyl groups is 2. The SMILES string of the molecule is CC(O)(CCOC(=O)c1cc(C(=O)OCCC(O)(C(F)(F)F)C(F)(F)F)cc(S(=O)(=O)O)c1)C(F)(F)F.